The van der Waals surface area contributed by atoms with E-state index >= 15 is 0 Å². The molecule has 0 radical (unpaired) electrons. The van der Waals surface area contributed by atoms with Gasteiger partial charge in [-0.05, 0) is 26.0 Å². The van der Waals surface area contributed by atoms with Crippen molar-refractivity contribution in [2.45, 2.75) is 26.5 Å². The van der Waals surface area contributed by atoms with Gasteiger partial charge in [0, 0.05) is 24.4 Å². The molecule has 0 spiro atoms. The van der Waals surface area contributed by atoms with Crippen LogP contribution < -0.4 is 15.8 Å². The summed E-state index contributed by atoms with van der Waals surface area (Å²) in [4.78, 5) is 4.20. The normalized spacial score (nSPS) is 10.7. The SMILES string of the molecule is CC(C)Oc1ncccc1CNc1cc(F)c(Cl)cc1N. The largest absolute Gasteiger partial charge is 0.475 e. The van der Waals surface area contributed by atoms with Crippen molar-refractivity contribution in [2.75, 3.05) is 11.1 Å². The number of hydrogen-bond acceptors (Lipinski definition) is 4. The van der Waals surface area contributed by atoms with Crippen LogP contribution in [-0.2, 0) is 6.54 Å². The van der Waals surface area contributed by atoms with Crippen LogP contribution in [0.15, 0.2) is 30.5 Å². The molecule has 0 fully saturated rings. The summed E-state index contributed by atoms with van der Waals surface area (Å²) in [7, 11) is 0. The molecule has 0 aliphatic heterocycles. The number of rotatable bonds is 5. The van der Waals surface area contributed by atoms with Crippen molar-refractivity contribution in [3.8, 4) is 5.88 Å². The molecule has 0 saturated carbocycles. The topological polar surface area (TPSA) is 60.2 Å². The summed E-state index contributed by atoms with van der Waals surface area (Å²) in [6.07, 6.45) is 1.69. The number of ether oxygens (including phenoxy) is 1. The van der Waals surface area contributed by atoms with Crippen LogP contribution in [0.25, 0.3) is 0 Å². The van der Waals surface area contributed by atoms with Gasteiger partial charge in [0.15, 0.2) is 0 Å². The van der Waals surface area contributed by atoms with Gasteiger partial charge in [-0.25, -0.2) is 9.37 Å². The summed E-state index contributed by atoms with van der Waals surface area (Å²) >= 11 is 5.67. The molecule has 3 N–H and O–H groups in total. The standard InChI is InChI=1S/C15H17ClFN3O/c1-9(2)21-15-10(4-3-5-19-15)8-20-14-7-12(17)11(16)6-13(14)18/h3-7,9,20H,8,18H2,1-2H3. The third-order valence-electron chi connectivity index (χ3n) is 2.76. The van der Waals surface area contributed by atoms with Crippen LogP contribution in [0.1, 0.15) is 19.4 Å². The van der Waals surface area contributed by atoms with Gasteiger partial charge >= 0.3 is 0 Å². The molecule has 0 aliphatic carbocycles. The maximum Gasteiger partial charge on any atom is 0.218 e. The second kappa shape index (κ2) is 6.63. The number of benzene rings is 1. The van der Waals surface area contributed by atoms with E-state index in [-0.39, 0.29) is 11.1 Å². The van der Waals surface area contributed by atoms with E-state index in [4.69, 9.17) is 22.1 Å². The minimum atomic E-state index is -0.516. The highest BCUT2D eigenvalue weighted by molar-refractivity contribution is 6.31. The average Bonchev–Trinajstić information content (AvgIpc) is 2.42. The predicted molar refractivity (Wildman–Crippen MR) is 83.2 cm³/mol. The van der Waals surface area contributed by atoms with E-state index in [9.17, 15) is 4.39 Å². The number of nitrogen functional groups attached to an aromatic ring is 1. The first-order valence-corrected chi connectivity index (χ1v) is 6.94. The monoisotopic (exact) mass is 309 g/mol. The van der Waals surface area contributed by atoms with Gasteiger partial charge in [0.1, 0.15) is 5.82 Å². The maximum absolute atomic E-state index is 13.5. The summed E-state index contributed by atoms with van der Waals surface area (Å²) in [6.45, 7) is 4.28. The Morgan fingerprint density at radius 3 is 2.90 bits per heavy atom. The van der Waals surface area contributed by atoms with Gasteiger partial charge in [-0.1, -0.05) is 17.7 Å². The number of pyridine rings is 1. The quantitative estimate of drug-likeness (QED) is 0.823. The fourth-order valence-electron chi connectivity index (χ4n) is 1.79. The number of nitrogens with zero attached hydrogens (tertiary/aromatic N) is 1. The minimum Gasteiger partial charge on any atom is -0.475 e. The summed E-state index contributed by atoms with van der Waals surface area (Å²) < 4.78 is 19.1. The smallest absolute Gasteiger partial charge is 0.218 e. The Morgan fingerprint density at radius 2 is 2.19 bits per heavy atom. The molecule has 1 aromatic carbocycles. The molecule has 4 nitrogen and oxygen atoms in total. The molecule has 0 unspecified atom stereocenters. The number of anilines is 2. The number of nitrogens with two attached hydrogens (primary N) is 1. The third-order valence-corrected chi connectivity index (χ3v) is 3.05. The molecule has 2 aromatic rings. The van der Waals surface area contributed by atoms with Crippen molar-refractivity contribution >= 4 is 23.0 Å². The molecular formula is C15H17ClFN3O. The van der Waals surface area contributed by atoms with Crippen LogP contribution in [0.2, 0.25) is 5.02 Å². The summed E-state index contributed by atoms with van der Waals surface area (Å²) in [5.74, 6) is 0.0335. The molecule has 0 aliphatic rings. The molecule has 0 amide bonds. The van der Waals surface area contributed by atoms with Gasteiger partial charge < -0.3 is 15.8 Å². The fourth-order valence-corrected chi connectivity index (χ4v) is 1.97. The van der Waals surface area contributed by atoms with Gasteiger partial charge in [0.05, 0.1) is 22.5 Å². The zero-order chi connectivity index (χ0) is 15.4. The Morgan fingerprint density at radius 1 is 1.43 bits per heavy atom. The van der Waals surface area contributed by atoms with E-state index in [1.807, 2.05) is 26.0 Å². The number of nitrogens with one attached hydrogen (secondary N) is 1. The van der Waals surface area contributed by atoms with Gasteiger partial charge in [-0.2, -0.15) is 0 Å². The Labute approximate surface area is 128 Å². The number of halogens is 2. The highest BCUT2D eigenvalue weighted by Crippen LogP contribution is 2.27. The first-order valence-electron chi connectivity index (χ1n) is 6.56. The molecule has 1 heterocycles. The Balaban J connectivity index is 2.15. The molecule has 0 bridgehead atoms. The van der Waals surface area contributed by atoms with Gasteiger partial charge in [-0.15, -0.1) is 0 Å². The first-order chi connectivity index (χ1) is 9.97. The Hall–Kier alpha value is -2.01. The molecule has 0 saturated heterocycles. The summed E-state index contributed by atoms with van der Waals surface area (Å²) in [5, 5.41) is 3.07. The van der Waals surface area contributed by atoms with Crippen LogP contribution in [0.3, 0.4) is 0 Å². The highest BCUT2D eigenvalue weighted by atomic mass is 35.5. The Bertz CT molecular complexity index is 634. The maximum atomic E-state index is 13.5. The fraction of sp³-hybridized carbons (Fsp3) is 0.267. The second-order valence-electron chi connectivity index (χ2n) is 4.84. The van der Waals surface area contributed by atoms with Crippen molar-refractivity contribution < 1.29 is 9.13 Å². The summed E-state index contributed by atoms with van der Waals surface area (Å²) in [6, 6.07) is 6.36. The van der Waals surface area contributed by atoms with E-state index in [0.717, 1.165) is 5.56 Å². The van der Waals surface area contributed by atoms with Crippen molar-refractivity contribution in [1.82, 2.24) is 4.98 Å². The molecule has 21 heavy (non-hydrogen) atoms. The zero-order valence-electron chi connectivity index (χ0n) is 11.9. The van der Waals surface area contributed by atoms with Crippen LogP contribution >= 0.6 is 11.6 Å². The third kappa shape index (κ3) is 3.98. The van der Waals surface area contributed by atoms with Crippen molar-refractivity contribution in [2.24, 2.45) is 0 Å². The van der Waals surface area contributed by atoms with E-state index in [1.165, 1.54) is 12.1 Å². The lowest BCUT2D eigenvalue weighted by atomic mass is 10.2. The second-order valence-corrected chi connectivity index (χ2v) is 5.25. The average molecular weight is 310 g/mol. The van der Waals surface area contributed by atoms with Gasteiger partial charge in [0.2, 0.25) is 5.88 Å². The van der Waals surface area contributed by atoms with Crippen molar-refractivity contribution in [1.29, 1.82) is 0 Å². The highest BCUT2D eigenvalue weighted by Gasteiger charge is 2.09. The molecule has 6 heteroatoms. The van der Waals surface area contributed by atoms with E-state index in [0.29, 0.717) is 23.8 Å². The van der Waals surface area contributed by atoms with Gasteiger partial charge in [-0.3, -0.25) is 0 Å². The first kappa shape index (κ1) is 15.4. The Kier molecular flexibility index (Phi) is 4.85. The molecule has 1 aromatic heterocycles. The molecule has 112 valence electrons. The lowest BCUT2D eigenvalue weighted by Crippen LogP contribution is -2.11. The van der Waals surface area contributed by atoms with E-state index in [1.54, 1.807) is 6.20 Å². The predicted octanol–water partition coefficient (Wildman–Crippen LogP) is 3.86. The lowest BCUT2D eigenvalue weighted by molar-refractivity contribution is 0.230. The zero-order valence-corrected chi connectivity index (χ0v) is 12.6. The van der Waals surface area contributed by atoms with Crippen LogP contribution in [0, 0.1) is 5.82 Å². The van der Waals surface area contributed by atoms with Gasteiger partial charge in [0.25, 0.3) is 0 Å². The van der Waals surface area contributed by atoms with E-state index in [2.05, 4.69) is 10.3 Å². The number of hydrogen-bond donors (Lipinski definition) is 2. The molecule has 2 rings (SSSR count). The minimum absolute atomic E-state index is 0.00302. The summed E-state index contributed by atoms with van der Waals surface area (Å²) in [5.41, 5.74) is 7.54. The van der Waals surface area contributed by atoms with E-state index < -0.39 is 5.82 Å². The lowest BCUT2D eigenvalue weighted by Gasteiger charge is -2.14. The van der Waals surface area contributed by atoms with Crippen LogP contribution in [0.4, 0.5) is 15.8 Å². The number of aromatic nitrogens is 1. The van der Waals surface area contributed by atoms with Crippen molar-refractivity contribution in [3.05, 3.63) is 46.9 Å². The van der Waals surface area contributed by atoms with Crippen molar-refractivity contribution in [3.63, 3.8) is 0 Å². The van der Waals surface area contributed by atoms with Crippen LogP contribution in [-0.4, -0.2) is 11.1 Å². The molecular weight excluding hydrogens is 293 g/mol. The van der Waals surface area contributed by atoms with Crippen LogP contribution in [0.5, 0.6) is 5.88 Å². The molecule has 0 atom stereocenters.